The van der Waals surface area contributed by atoms with Gasteiger partial charge in [-0.3, -0.25) is 9.59 Å². The van der Waals surface area contributed by atoms with Crippen molar-refractivity contribution < 1.29 is 13.9 Å². The summed E-state index contributed by atoms with van der Waals surface area (Å²) in [4.78, 5) is 24.5. The van der Waals surface area contributed by atoms with Crippen molar-refractivity contribution in [2.75, 3.05) is 7.11 Å². The smallest absolute Gasteiger partial charge is 0.267 e. The van der Waals surface area contributed by atoms with E-state index in [1.165, 1.54) is 17.0 Å². The maximum Gasteiger partial charge on any atom is 0.267 e. The summed E-state index contributed by atoms with van der Waals surface area (Å²) in [5, 5.41) is 7.08. The summed E-state index contributed by atoms with van der Waals surface area (Å²) in [6, 6.07) is 13.1. The number of benzene rings is 1. The molecule has 1 N–H and O–H groups in total. The summed E-state index contributed by atoms with van der Waals surface area (Å²) >= 11 is 0. The molecule has 1 atom stereocenters. The van der Waals surface area contributed by atoms with Crippen LogP contribution < -0.4 is 15.6 Å². The first kappa shape index (κ1) is 17.5. The minimum absolute atomic E-state index is 0.253. The number of ether oxygens (including phenoxy) is 1. The van der Waals surface area contributed by atoms with Gasteiger partial charge in [0.25, 0.3) is 5.56 Å². The zero-order valence-electron chi connectivity index (χ0n) is 14.5. The quantitative estimate of drug-likeness (QED) is 0.735. The van der Waals surface area contributed by atoms with Crippen molar-refractivity contribution in [2.45, 2.75) is 19.5 Å². The lowest BCUT2D eigenvalue weighted by Crippen LogP contribution is -2.36. The number of nitrogens with zero attached hydrogens (tertiary/aromatic N) is 2. The Morgan fingerprint density at radius 3 is 2.65 bits per heavy atom. The van der Waals surface area contributed by atoms with E-state index >= 15 is 0 Å². The van der Waals surface area contributed by atoms with Crippen LogP contribution in [0.2, 0.25) is 0 Å². The van der Waals surface area contributed by atoms with Gasteiger partial charge in [-0.05, 0) is 49.4 Å². The Kier molecular flexibility index (Phi) is 5.17. The Balaban J connectivity index is 1.79. The molecule has 1 unspecified atom stereocenters. The van der Waals surface area contributed by atoms with Crippen LogP contribution in [-0.4, -0.2) is 22.8 Å². The zero-order valence-corrected chi connectivity index (χ0v) is 14.5. The summed E-state index contributed by atoms with van der Waals surface area (Å²) in [5.41, 5.74) is 1.07. The lowest BCUT2D eigenvalue weighted by Gasteiger charge is -2.14. The van der Waals surface area contributed by atoms with Crippen molar-refractivity contribution in [1.29, 1.82) is 0 Å². The molecule has 0 radical (unpaired) electrons. The van der Waals surface area contributed by atoms with Gasteiger partial charge in [0.15, 0.2) is 0 Å². The van der Waals surface area contributed by atoms with Crippen LogP contribution in [0, 0.1) is 0 Å². The normalized spacial score (nSPS) is 11.8. The van der Waals surface area contributed by atoms with Gasteiger partial charge >= 0.3 is 0 Å². The van der Waals surface area contributed by atoms with E-state index in [1.54, 1.807) is 32.2 Å². The molecule has 0 bridgehead atoms. The van der Waals surface area contributed by atoms with E-state index in [2.05, 4.69) is 10.4 Å². The van der Waals surface area contributed by atoms with Crippen LogP contribution in [0.3, 0.4) is 0 Å². The second-order valence-electron chi connectivity index (χ2n) is 5.70. The molecule has 2 aromatic heterocycles. The number of aromatic nitrogens is 2. The molecule has 0 fully saturated rings. The first-order valence-corrected chi connectivity index (χ1v) is 8.13. The Labute approximate surface area is 150 Å². The van der Waals surface area contributed by atoms with Crippen molar-refractivity contribution in [1.82, 2.24) is 15.1 Å². The highest BCUT2D eigenvalue weighted by atomic mass is 16.5. The number of rotatable bonds is 6. The predicted molar refractivity (Wildman–Crippen MR) is 95.8 cm³/mol. The van der Waals surface area contributed by atoms with Crippen molar-refractivity contribution in [3.05, 3.63) is 70.9 Å². The summed E-state index contributed by atoms with van der Waals surface area (Å²) in [6.07, 6.45) is 1.54. The lowest BCUT2D eigenvalue weighted by atomic mass is 10.1. The van der Waals surface area contributed by atoms with Crippen molar-refractivity contribution >= 4 is 5.91 Å². The van der Waals surface area contributed by atoms with E-state index in [4.69, 9.17) is 9.15 Å². The number of furan rings is 1. The molecule has 3 rings (SSSR count). The van der Waals surface area contributed by atoms with Crippen LogP contribution in [0.5, 0.6) is 5.75 Å². The molecule has 134 valence electrons. The molecule has 0 aliphatic carbocycles. The van der Waals surface area contributed by atoms with Crippen LogP contribution in [-0.2, 0) is 11.3 Å². The molecule has 0 aliphatic heterocycles. The summed E-state index contributed by atoms with van der Waals surface area (Å²) in [6.45, 7) is 1.88. The molecule has 2 heterocycles. The fourth-order valence-electron chi connectivity index (χ4n) is 2.46. The van der Waals surface area contributed by atoms with Gasteiger partial charge < -0.3 is 14.5 Å². The average Bonchev–Trinajstić information content (AvgIpc) is 3.19. The fraction of sp³-hybridized carbons (Fsp3) is 0.211. The van der Waals surface area contributed by atoms with E-state index < -0.39 is 6.04 Å². The van der Waals surface area contributed by atoms with Crippen LogP contribution in [0.15, 0.2) is 64.0 Å². The summed E-state index contributed by atoms with van der Waals surface area (Å²) < 4.78 is 11.5. The SMILES string of the molecule is COc1ccc(-c2ccc(=O)n(C(C)C(=O)NCc3ccco3)n2)cc1. The van der Waals surface area contributed by atoms with E-state index in [0.29, 0.717) is 11.5 Å². The second kappa shape index (κ2) is 7.69. The lowest BCUT2D eigenvalue weighted by molar-refractivity contribution is -0.124. The topological polar surface area (TPSA) is 86.4 Å². The Morgan fingerprint density at radius 1 is 1.23 bits per heavy atom. The zero-order chi connectivity index (χ0) is 18.5. The van der Waals surface area contributed by atoms with Crippen molar-refractivity contribution in [2.24, 2.45) is 0 Å². The van der Waals surface area contributed by atoms with E-state index in [9.17, 15) is 9.59 Å². The van der Waals surface area contributed by atoms with Crippen LogP contribution >= 0.6 is 0 Å². The molecule has 1 aromatic carbocycles. The number of methoxy groups -OCH3 is 1. The molecule has 7 heteroatoms. The number of hydrogen-bond donors (Lipinski definition) is 1. The first-order chi connectivity index (χ1) is 12.6. The minimum atomic E-state index is -0.754. The number of hydrogen-bond acceptors (Lipinski definition) is 5. The fourth-order valence-corrected chi connectivity index (χ4v) is 2.46. The largest absolute Gasteiger partial charge is 0.497 e. The third-order valence-electron chi connectivity index (χ3n) is 3.97. The summed E-state index contributed by atoms with van der Waals surface area (Å²) in [5.74, 6) is 1.05. The molecule has 0 aliphatic rings. The van der Waals surface area contributed by atoms with Crippen molar-refractivity contribution in [3.63, 3.8) is 0 Å². The van der Waals surface area contributed by atoms with E-state index in [-0.39, 0.29) is 18.0 Å². The van der Waals surface area contributed by atoms with Crippen LogP contribution in [0.4, 0.5) is 0 Å². The van der Waals surface area contributed by atoms with E-state index in [1.807, 2.05) is 24.3 Å². The molecular weight excluding hydrogens is 334 g/mol. The Hall–Kier alpha value is -3.35. The van der Waals surface area contributed by atoms with Crippen LogP contribution in [0.1, 0.15) is 18.7 Å². The highest BCUT2D eigenvalue weighted by Crippen LogP contribution is 2.20. The monoisotopic (exact) mass is 353 g/mol. The van der Waals surface area contributed by atoms with Crippen LogP contribution in [0.25, 0.3) is 11.3 Å². The molecule has 0 saturated carbocycles. The molecule has 3 aromatic rings. The Bertz CT molecular complexity index is 930. The molecular formula is C19H19N3O4. The number of carbonyl (C=O) groups excluding carboxylic acids is 1. The van der Waals surface area contributed by atoms with Gasteiger partial charge in [-0.25, -0.2) is 4.68 Å². The van der Waals surface area contributed by atoms with Gasteiger partial charge in [0, 0.05) is 11.6 Å². The highest BCUT2D eigenvalue weighted by Gasteiger charge is 2.18. The molecule has 26 heavy (non-hydrogen) atoms. The number of carbonyl (C=O) groups is 1. The molecule has 7 nitrogen and oxygen atoms in total. The predicted octanol–water partition coefficient (Wildman–Crippen LogP) is 2.39. The van der Waals surface area contributed by atoms with Gasteiger partial charge in [0.05, 0.1) is 25.6 Å². The maximum atomic E-state index is 12.4. The third-order valence-corrected chi connectivity index (χ3v) is 3.97. The Morgan fingerprint density at radius 2 is 2.00 bits per heavy atom. The van der Waals surface area contributed by atoms with Gasteiger partial charge in [-0.2, -0.15) is 5.10 Å². The van der Waals surface area contributed by atoms with Gasteiger partial charge in [-0.1, -0.05) is 0 Å². The highest BCUT2D eigenvalue weighted by molar-refractivity contribution is 5.79. The van der Waals surface area contributed by atoms with Crippen molar-refractivity contribution in [3.8, 4) is 17.0 Å². The molecule has 0 saturated heterocycles. The molecule has 0 spiro atoms. The summed E-state index contributed by atoms with van der Waals surface area (Å²) in [7, 11) is 1.59. The third kappa shape index (κ3) is 3.83. The first-order valence-electron chi connectivity index (χ1n) is 8.13. The second-order valence-corrected chi connectivity index (χ2v) is 5.70. The maximum absolute atomic E-state index is 12.4. The van der Waals surface area contributed by atoms with E-state index in [0.717, 1.165) is 11.3 Å². The average molecular weight is 353 g/mol. The standard InChI is InChI=1S/C19H19N3O4/c1-13(19(24)20-12-16-4-3-11-26-16)22-18(23)10-9-17(21-22)14-5-7-15(25-2)8-6-14/h3-11,13H,12H2,1-2H3,(H,20,24). The van der Waals surface area contributed by atoms with Gasteiger partial charge in [-0.15, -0.1) is 0 Å². The minimum Gasteiger partial charge on any atom is -0.497 e. The number of nitrogens with one attached hydrogen (secondary N) is 1. The van der Waals surface area contributed by atoms with Gasteiger partial charge in [0.2, 0.25) is 5.91 Å². The van der Waals surface area contributed by atoms with Gasteiger partial charge in [0.1, 0.15) is 17.6 Å². The molecule has 1 amide bonds. The number of amides is 1.